The van der Waals surface area contributed by atoms with Gasteiger partial charge in [-0.3, -0.25) is 5.32 Å². The molecule has 0 saturated heterocycles. The third-order valence-corrected chi connectivity index (χ3v) is 7.57. The number of nitrogens with one attached hydrogen (secondary N) is 1. The molecule has 37 heavy (non-hydrogen) atoms. The molecule has 0 spiro atoms. The summed E-state index contributed by atoms with van der Waals surface area (Å²) in [6, 6.07) is 4.01. The van der Waals surface area contributed by atoms with E-state index in [9.17, 15) is 35.2 Å². The first-order chi connectivity index (χ1) is 17.1. The number of aromatic nitrogens is 4. The summed E-state index contributed by atoms with van der Waals surface area (Å²) < 4.78 is 95.5. The third-order valence-electron chi connectivity index (χ3n) is 4.94. The van der Waals surface area contributed by atoms with Crippen LogP contribution >= 0.6 is 11.3 Å². The van der Waals surface area contributed by atoms with Gasteiger partial charge in [0.2, 0.25) is 10.0 Å². The first-order valence-corrected chi connectivity index (χ1v) is 12.4. The molecule has 3 heterocycles. The molecule has 0 fully saturated rings. The number of hydrogen-bond donors (Lipinski definition) is 2. The largest absolute Gasteiger partial charge is 0.419 e. The summed E-state index contributed by atoms with van der Waals surface area (Å²) in [4.78, 5) is 20.4. The molecule has 0 aliphatic heterocycles. The topological polar surface area (TPSA) is 142 Å². The van der Waals surface area contributed by atoms with Crippen molar-refractivity contribution < 1.29 is 39.9 Å². The number of carbonyl (C=O) groups excluding carboxylic acids is 1. The highest BCUT2D eigenvalue weighted by Crippen LogP contribution is 2.35. The minimum Gasteiger partial charge on any atom is -0.404 e. The summed E-state index contributed by atoms with van der Waals surface area (Å²) in [6.07, 6.45) is -7.88. The number of nitrogens with two attached hydrogens (primary N) is 1. The van der Waals surface area contributed by atoms with Crippen LogP contribution in [0.5, 0.6) is 5.75 Å². The van der Waals surface area contributed by atoms with E-state index in [2.05, 4.69) is 20.4 Å². The molecule has 0 radical (unpaired) electrons. The van der Waals surface area contributed by atoms with Gasteiger partial charge < -0.3 is 4.74 Å². The summed E-state index contributed by atoms with van der Waals surface area (Å²) >= 11 is 0.570. The van der Waals surface area contributed by atoms with Crippen molar-refractivity contribution in [3.63, 3.8) is 0 Å². The number of nitrogens with zero attached hydrogens (tertiary/aromatic N) is 4. The zero-order valence-corrected chi connectivity index (χ0v) is 20.3. The molecule has 0 bridgehead atoms. The van der Waals surface area contributed by atoms with E-state index in [1.54, 1.807) is 0 Å². The van der Waals surface area contributed by atoms with Crippen molar-refractivity contribution in [2.75, 3.05) is 5.32 Å². The van der Waals surface area contributed by atoms with Crippen molar-refractivity contribution in [1.29, 1.82) is 0 Å². The van der Waals surface area contributed by atoms with Crippen molar-refractivity contribution in [3.8, 4) is 17.0 Å². The van der Waals surface area contributed by atoms with E-state index >= 15 is 0 Å². The lowest BCUT2D eigenvalue weighted by atomic mass is 10.0. The van der Waals surface area contributed by atoms with Crippen molar-refractivity contribution in [2.24, 2.45) is 5.14 Å². The highest BCUT2D eigenvalue weighted by Gasteiger charge is 2.32. The van der Waals surface area contributed by atoms with Gasteiger partial charge in [0.05, 0.1) is 23.1 Å². The second kappa shape index (κ2) is 9.31. The Morgan fingerprint density at radius 2 is 1.89 bits per heavy atom. The van der Waals surface area contributed by atoms with E-state index in [-0.39, 0.29) is 43.3 Å². The number of fused-ring (bicyclic) bond motifs is 1. The number of primary sulfonamides is 1. The second-order valence-corrected chi connectivity index (χ2v) is 10.3. The van der Waals surface area contributed by atoms with Crippen LogP contribution in [0.15, 0.2) is 34.7 Å². The minimum absolute atomic E-state index is 0.0403. The number of benzene rings is 1. The van der Waals surface area contributed by atoms with Crippen LogP contribution in [0.3, 0.4) is 0 Å². The van der Waals surface area contributed by atoms with Gasteiger partial charge in [0.1, 0.15) is 5.69 Å². The van der Waals surface area contributed by atoms with Crippen LogP contribution in [0, 0.1) is 13.8 Å². The van der Waals surface area contributed by atoms with Gasteiger partial charge in [-0.2, -0.15) is 18.3 Å². The Labute approximate surface area is 209 Å². The molecule has 0 unspecified atom stereocenters. The number of amides is 1. The number of halogens is 5. The van der Waals surface area contributed by atoms with Gasteiger partial charge >= 0.3 is 12.3 Å². The maximum Gasteiger partial charge on any atom is 0.419 e. The molecule has 0 aliphatic carbocycles. The first kappa shape index (κ1) is 26.4. The van der Waals surface area contributed by atoms with E-state index in [4.69, 9.17) is 9.88 Å². The van der Waals surface area contributed by atoms with Crippen molar-refractivity contribution in [1.82, 2.24) is 19.6 Å². The number of carbonyl (C=O) groups is 1. The van der Waals surface area contributed by atoms with Crippen LogP contribution in [-0.4, -0.2) is 34.1 Å². The minimum atomic E-state index is -4.60. The van der Waals surface area contributed by atoms with Gasteiger partial charge in [-0.05, 0) is 37.6 Å². The fourth-order valence-corrected chi connectivity index (χ4v) is 5.24. The summed E-state index contributed by atoms with van der Waals surface area (Å²) in [5, 5.41) is 10.9. The molecule has 4 rings (SSSR count). The lowest BCUT2D eigenvalue weighted by molar-refractivity contribution is -0.138. The van der Waals surface area contributed by atoms with Gasteiger partial charge in [0, 0.05) is 5.56 Å². The molecule has 196 valence electrons. The average molecular weight is 563 g/mol. The molecule has 17 heteroatoms. The van der Waals surface area contributed by atoms with Gasteiger partial charge in [0.15, 0.2) is 20.7 Å². The summed E-state index contributed by atoms with van der Waals surface area (Å²) in [7, 11) is -4.08. The predicted molar refractivity (Wildman–Crippen MR) is 121 cm³/mol. The normalized spacial score (nSPS) is 12.4. The monoisotopic (exact) mass is 562 g/mol. The fraction of sp³-hybridized carbons (Fsp3) is 0.200. The number of ether oxygens (including phenoxy) is 1. The second-order valence-electron chi connectivity index (χ2n) is 7.59. The van der Waals surface area contributed by atoms with E-state index in [0.717, 1.165) is 35.0 Å². The first-order valence-electron chi connectivity index (χ1n) is 9.99. The zero-order chi connectivity index (χ0) is 27.3. The van der Waals surface area contributed by atoms with Crippen molar-refractivity contribution in [2.45, 2.75) is 30.7 Å². The highest BCUT2D eigenvalue weighted by molar-refractivity contribution is 7.91. The maximum absolute atomic E-state index is 13.8. The molecule has 4 aromatic rings. The molecule has 3 aromatic heterocycles. The van der Waals surface area contributed by atoms with E-state index in [0.29, 0.717) is 11.3 Å². The van der Waals surface area contributed by atoms with Crippen LogP contribution < -0.4 is 15.2 Å². The van der Waals surface area contributed by atoms with Crippen molar-refractivity contribution in [3.05, 3.63) is 53.0 Å². The lowest BCUT2D eigenvalue weighted by Gasteiger charge is -2.12. The van der Waals surface area contributed by atoms with E-state index in [1.807, 2.05) is 0 Å². The highest BCUT2D eigenvalue weighted by atomic mass is 32.2. The van der Waals surface area contributed by atoms with Crippen LogP contribution in [0.2, 0.25) is 0 Å². The number of thiazole rings is 1. The number of hydrogen-bond acceptors (Lipinski definition) is 8. The van der Waals surface area contributed by atoms with Crippen LogP contribution in [-0.2, 0) is 16.2 Å². The number of alkyl halides is 5. The molecule has 1 amide bonds. The Balaban J connectivity index is 1.69. The summed E-state index contributed by atoms with van der Waals surface area (Å²) in [5.74, 6) is -0.357. The Morgan fingerprint density at radius 1 is 1.19 bits per heavy atom. The molecule has 0 atom stereocenters. The van der Waals surface area contributed by atoms with E-state index in [1.165, 1.54) is 13.8 Å². The third kappa shape index (κ3) is 5.37. The zero-order valence-electron chi connectivity index (χ0n) is 18.7. The fourth-order valence-electron chi connectivity index (χ4n) is 3.39. The molecule has 0 saturated carbocycles. The SMILES string of the molecule is Cc1cc(-c2cc(C(F)F)n3ncc(OC(=O)Nc4nc(C)c(S(N)(=O)=O)s4)c3n2)ccc1C(F)(F)F. The molecular formula is C20H15F5N6O4S2. The quantitative estimate of drug-likeness (QED) is 0.336. The van der Waals surface area contributed by atoms with Crippen LogP contribution in [0.1, 0.15) is 28.9 Å². The van der Waals surface area contributed by atoms with Crippen LogP contribution in [0.25, 0.3) is 16.9 Å². The van der Waals surface area contributed by atoms with Gasteiger partial charge in [-0.1, -0.05) is 17.4 Å². The molecular weight excluding hydrogens is 547 g/mol. The van der Waals surface area contributed by atoms with Gasteiger partial charge in [-0.15, -0.1) is 0 Å². The van der Waals surface area contributed by atoms with Gasteiger partial charge in [-0.25, -0.2) is 41.6 Å². The van der Waals surface area contributed by atoms with Gasteiger partial charge in [0.25, 0.3) is 6.43 Å². The average Bonchev–Trinajstić information content (AvgIpc) is 3.34. The number of anilines is 1. The molecule has 3 N–H and O–H groups in total. The summed E-state index contributed by atoms with van der Waals surface area (Å²) in [6.45, 7) is 2.58. The Bertz CT molecular complexity index is 1630. The Kier molecular flexibility index (Phi) is 6.63. The molecule has 1 aromatic carbocycles. The number of sulfonamides is 1. The predicted octanol–water partition coefficient (Wildman–Crippen LogP) is 4.68. The lowest BCUT2D eigenvalue weighted by Crippen LogP contribution is -2.16. The molecule has 10 nitrogen and oxygen atoms in total. The number of rotatable bonds is 5. The van der Waals surface area contributed by atoms with Crippen LogP contribution in [0.4, 0.5) is 31.9 Å². The standard InChI is InChI=1S/C20H15F5N6O4S2/c1-8-5-10(3-4-11(8)20(23,24)25)12-6-13(15(21)22)31-16(29-12)14(7-27-31)35-19(32)30-18-28-9(2)17(36-18)37(26,33)34/h3-7,15H,1-2H3,(H2,26,33,34)(H,28,30,32). The Morgan fingerprint density at radius 3 is 2.46 bits per heavy atom. The molecule has 0 aliphatic rings. The van der Waals surface area contributed by atoms with Crippen molar-refractivity contribution >= 4 is 38.2 Å². The number of aryl methyl sites for hydroxylation is 2. The Hall–Kier alpha value is -3.70. The summed E-state index contributed by atoms with van der Waals surface area (Å²) in [5.41, 5.74) is -1.97. The maximum atomic E-state index is 13.8. The smallest absolute Gasteiger partial charge is 0.404 e. The van der Waals surface area contributed by atoms with E-state index < -0.39 is 40.0 Å².